The van der Waals surface area contributed by atoms with Crippen LogP contribution in [0.15, 0.2) is 24.3 Å². The van der Waals surface area contributed by atoms with E-state index in [1.165, 1.54) is 6.42 Å². The first kappa shape index (κ1) is 21.2. The van der Waals surface area contributed by atoms with Crippen molar-refractivity contribution in [2.24, 2.45) is 0 Å². The van der Waals surface area contributed by atoms with E-state index in [0.29, 0.717) is 17.9 Å². The first-order chi connectivity index (χ1) is 13.0. The topological polar surface area (TPSA) is 67.9 Å². The molecular formula is C21H32N2O4. The number of carbonyl (C=O) groups excluding carboxylic acids is 2. The number of likely N-dealkylation sites (tertiary alicyclic amines) is 1. The summed E-state index contributed by atoms with van der Waals surface area (Å²) in [6.07, 6.45) is 5.94. The molecule has 2 rings (SSSR count). The van der Waals surface area contributed by atoms with Crippen LogP contribution in [-0.2, 0) is 14.3 Å². The third-order valence-electron chi connectivity index (χ3n) is 5.12. The Hall–Kier alpha value is -2.08. The Morgan fingerprint density at radius 2 is 1.81 bits per heavy atom. The second-order valence-electron chi connectivity index (χ2n) is 7.25. The zero-order chi connectivity index (χ0) is 19.7. The minimum atomic E-state index is -0.841. The Balaban J connectivity index is 1.85. The minimum absolute atomic E-state index is 0.0267. The molecule has 1 N–H and O–H groups in total. The Labute approximate surface area is 162 Å². The van der Waals surface area contributed by atoms with Gasteiger partial charge in [0.25, 0.3) is 11.8 Å². The van der Waals surface area contributed by atoms with E-state index >= 15 is 0 Å². The van der Waals surface area contributed by atoms with Gasteiger partial charge in [0.2, 0.25) is 0 Å². The number of ether oxygens (including phenoxy) is 2. The van der Waals surface area contributed by atoms with Gasteiger partial charge in [0, 0.05) is 25.9 Å². The van der Waals surface area contributed by atoms with Gasteiger partial charge in [0.05, 0.1) is 0 Å². The zero-order valence-corrected chi connectivity index (χ0v) is 16.8. The molecule has 1 aromatic carbocycles. The van der Waals surface area contributed by atoms with Gasteiger partial charge in [-0.15, -0.1) is 0 Å². The molecule has 1 heterocycles. The molecule has 0 aliphatic carbocycles. The normalized spacial score (nSPS) is 16.5. The summed E-state index contributed by atoms with van der Waals surface area (Å²) in [6, 6.07) is 7.06. The maximum atomic E-state index is 12.5. The number of benzene rings is 1. The van der Waals surface area contributed by atoms with Gasteiger partial charge >= 0.3 is 0 Å². The monoisotopic (exact) mass is 376 g/mol. The molecular weight excluding hydrogens is 344 g/mol. The number of rotatable bonds is 9. The van der Waals surface area contributed by atoms with Crippen LogP contribution in [0.5, 0.6) is 5.75 Å². The largest absolute Gasteiger partial charge is 0.484 e. The van der Waals surface area contributed by atoms with Gasteiger partial charge in [-0.2, -0.15) is 0 Å². The van der Waals surface area contributed by atoms with Crippen molar-refractivity contribution in [3.63, 3.8) is 0 Å². The molecule has 0 spiro atoms. The highest BCUT2D eigenvalue weighted by Gasteiger charge is 2.32. The summed E-state index contributed by atoms with van der Waals surface area (Å²) in [6.45, 7) is 5.59. The number of nitrogens with zero attached hydrogens (tertiary/aromatic N) is 1. The average Bonchev–Trinajstić information content (AvgIpc) is 2.71. The van der Waals surface area contributed by atoms with E-state index in [1.807, 2.05) is 11.8 Å². The van der Waals surface area contributed by atoms with Crippen molar-refractivity contribution in [3.8, 4) is 5.75 Å². The van der Waals surface area contributed by atoms with E-state index in [-0.39, 0.29) is 18.4 Å². The SMILES string of the molecule is CCCC[C@@](C)(OC)C(=O)Nc1ccc(OCC(=O)N2CCCCC2)cc1. The van der Waals surface area contributed by atoms with E-state index < -0.39 is 5.60 Å². The quantitative estimate of drug-likeness (QED) is 0.715. The average molecular weight is 376 g/mol. The lowest BCUT2D eigenvalue weighted by Gasteiger charge is -2.27. The molecule has 0 bridgehead atoms. The number of unbranched alkanes of at least 4 members (excludes halogenated alkanes) is 1. The predicted molar refractivity (Wildman–Crippen MR) is 106 cm³/mol. The van der Waals surface area contributed by atoms with Crippen molar-refractivity contribution in [1.82, 2.24) is 4.90 Å². The molecule has 6 heteroatoms. The van der Waals surface area contributed by atoms with Crippen LogP contribution in [0.4, 0.5) is 5.69 Å². The molecule has 1 atom stereocenters. The molecule has 0 unspecified atom stereocenters. The summed E-state index contributed by atoms with van der Waals surface area (Å²) in [5.74, 6) is 0.477. The summed E-state index contributed by atoms with van der Waals surface area (Å²) in [4.78, 5) is 26.5. The second-order valence-corrected chi connectivity index (χ2v) is 7.25. The molecule has 1 aliphatic rings. The maximum Gasteiger partial charge on any atom is 0.260 e. The molecule has 1 aromatic rings. The zero-order valence-electron chi connectivity index (χ0n) is 16.8. The molecule has 2 amide bonds. The Kier molecular flexibility index (Phi) is 8.10. The van der Waals surface area contributed by atoms with E-state index in [2.05, 4.69) is 12.2 Å². The number of anilines is 1. The fourth-order valence-corrected chi connectivity index (χ4v) is 3.10. The standard InChI is InChI=1S/C21H32N2O4/c1-4-5-13-21(2,26-3)20(25)22-17-9-11-18(12-10-17)27-16-19(24)23-14-7-6-8-15-23/h9-12H,4-8,13-16H2,1-3H3,(H,22,25)/t21-/m1/s1. The highest BCUT2D eigenvalue weighted by molar-refractivity contribution is 5.97. The van der Waals surface area contributed by atoms with Crippen LogP contribution in [0.2, 0.25) is 0 Å². The summed E-state index contributed by atoms with van der Waals surface area (Å²) >= 11 is 0. The van der Waals surface area contributed by atoms with Crippen LogP contribution in [0.3, 0.4) is 0 Å². The molecule has 27 heavy (non-hydrogen) atoms. The van der Waals surface area contributed by atoms with Gasteiger partial charge in [0.15, 0.2) is 6.61 Å². The van der Waals surface area contributed by atoms with Crippen molar-refractivity contribution in [2.75, 3.05) is 32.1 Å². The van der Waals surface area contributed by atoms with Crippen LogP contribution < -0.4 is 10.1 Å². The third-order valence-corrected chi connectivity index (χ3v) is 5.12. The fraction of sp³-hybridized carbons (Fsp3) is 0.619. The fourth-order valence-electron chi connectivity index (χ4n) is 3.10. The van der Waals surface area contributed by atoms with E-state index in [1.54, 1.807) is 31.4 Å². The number of methoxy groups -OCH3 is 1. The Morgan fingerprint density at radius 1 is 1.15 bits per heavy atom. The summed E-state index contributed by atoms with van der Waals surface area (Å²) in [5.41, 5.74) is -0.166. The van der Waals surface area contributed by atoms with Gasteiger partial charge in [0.1, 0.15) is 11.4 Å². The number of amides is 2. The van der Waals surface area contributed by atoms with Crippen LogP contribution in [-0.4, -0.2) is 49.1 Å². The van der Waals surface area contributed by atoms with Crippen molar-refractivity contribution in [3.05, 3.63) is 24.3 Å². The maximum absolute atomic E-state index is 12.5. The van der Waals surface area contributed by atoms with E-state index in [0.717, 1.165) is 38.8 Å². The van der Waals surface area contributed by atoms with E-state index in [4.69, 9.17) is 9.47 Å². The number of piperidine rings is 1. The van der Waals surface area contributed by atoms with Crippen molar-refractivity contribution in [2.45, 2.75) is 58.0 Å². The summed E-state index contributed by atoms with van der Waals surface area (Å²) in [5, 5.41) is 2.89. The summed E-state index contributed by atoms with van der Waals surface area (Å²) in [7, 11) is 1.56. The number of hydrogen-bond acceptors (Lipinski definition) is 4. The van der Waals surface area contributed by atoms with Crippen LogP contribution >= 0.6 is 0 Å². The number of nitrogens with one attached hydrogen (secondary N) is 1. The molecule has 1 aliphatic heterocycles. The number of hydrogen-bond donors (Lipinski definition) is 1. The first-order valence-electron chi connectivity index (χ1n) is 9.86. The van der Waals surface area contributed by atoms with Crippen molar-refractivity contribution < 1.29 is 19.1 Å². The first-order valence-corrected chi connectivity index (χ1v) is 9.86. The second kappa shape index (κ2) is 10.3. The molecule has 0 radical (unpaired) electrons. The third kappa shape index (κ3) is 6.24. The molecule has 6 nitrogen and oxygen atoms in total. The van der Waals surface area contributed by atoms with Crippen LogP contribution in [0, 0.1) is 0 Å². The van der Waals surface area contributed by atoms with Crippen LogP contribution in [0.25, 0.3) is 0 Å². The highest BCUT2D eigenvalue weighted by atomic mass is 16.5. The Morgan fingerprint density at radius 3 is 2.41 bits per heavy atom. The van der Waals surface area contributed by atoms with Gasteiger partial charge in [-0.3, -0.25) is 9.59 Å². The lowest BCUT2D eigenvalue weighted by atomic mass is 9.97. The van der Waals surface area contributed by atoms with Gasteiger partial charge in [-0.1, -0.05) is 19.8 Å². The van der Waals surface area contributed by atoms with Crippen molar-refractivity contribution >= 4 is 17.5 Å². The molecule has 150 valence electrons. The predicted octanol–water partition coefficient (Wildman–Crippen LogP) is 3.61. The lowest BCUT2D eigenvalue weighted by Crippen LogP contribution is -2.41. The van der Waals surface area contributed by atoms with Gasteiger partial charge in [-0.25, -0.2) is 0 Å². The lowest BCUT2D eigenvalue weighted by molar-refractivity contribution is -0.136. The van der Waals surface area contributed by atoms with Gasteiger partial charge < -0.3 is 19.7 Å². The number of carbonyl (C=O) groups is 2. The van der Waals surface area contributed by atoms with Crippen LogP contribution in [0.1, 0.15) is 52.4 Å². The molecule has 0 saturated carbocycles. The Bertz CT molecular complexity index is 611. The highest BCUT2D eigenvalue weighted by Crippen LogP contribution is 2.22. The van der Waals surface area contributed by atoms with Gasteiger partial charge in [-0.05, 0) is 56.9 Å². The van der Waals surface area contributed by atoms with E-state index in [9.17, 15) is 9.59 Å². The minimum Gasteiger partial charge on any atom is -0.484 e. The molecule has 1 saturated heterocycles. The smallest absolute Gasteiger partial charge is 0.260 e. The molecule has 0 aromatic heterocycles. The molecule has 1 fully saturated rings. The van der Waals surface area contributed by atoms with Crippen molar-refractivity contribution in [1.29, 1.82) is 0 Å². The summed E-state index contributed by atoms with van der Waals surface area (Å²) < 4.78 is 11.0.